The molecule has 1 aromatic carbocycles. The molecule has 1 heterocycles. The summed E-state index contributed by atoms with van der Waals surface area (Å²) in [5.74, 6) is -0.227. The second-order valence-corrected chi connectivity index (χ2v) is 2.97. The zero-order valence-corrected chi connectivity index (χ0v) is 6.36. The third-order valence-corrected chi connectivity index (χ3v) is 2.12. The highest BCUT2D eigenvalue weighted by molar-refractivity contribution is 7.98. The fourth-order valence-corrected chi connectivity index (χ4v) is 1.49. The average Bonchev–Trinajstić information content (AvgIpc) is 2.04. The Hall–Kier alpha value is -1.03. The number of halogens is 1. The van der Waals surface area contributed by atoms with Gasteiger partial charge >= 0.3 is 0 Å². The average molecular weight is 168 g/mol. The van der Waals surface area contributed by atoms with Crippen LogP contribution < -0.4 is 4.72 Å². The smallest absolute Gasteiger partial charge is 0.124 e. The number of rotatable bonds is 0. The van der Waals surface area contributed by atoms with Gasteiger partial charge in [0.15, 0.2) is 0 Å². The molecule has 0 saturated carbocycles. The highest BCUT2D eigenvalue weighted by atomic mass is 32.2. The van der Waals surface area contributed by atoms with Gasteiger partial charge in [0.1, 0.15) is 5.82 Å². The van der Waals surface area contributed by atoms with E-state index in [0.717, 1.165) is 10.6 Å². The second-order valence-electron chi connectivity index (χ2n) is 2.09. The molecular weight excluding hydrogens is 163 g/mol. The Morgan fingerprint density at radius 3 is 3.27 bits per heavy atom. The summed E-state index contributed by atoms with van der Waals surface area (Å²) < 4.78 is 15.4. The molecule has 1 aliphatic heterocycles. The lowest BCUT2D eigenvalue weighted by molar-refractivity contribution is 0.624. The maximum absolute atomic E-state index is 12.6. The van der Waals surface area contributed by atoms with E-state index in [9.17, 15) is 4.39 Å². The molecule has 0 fully saturated rings. The first kappa shape index (κ1) is 6.67. The van der Waals surface area contributed by atoms with E-state index in [2.05, 4.69) is 9.71 Å². The van der Waals surface area contributed by atoms with Crippen LogP contribution in [0.1, 0.15) is 0 Å². The quantitative estimate of drug-likeness (QED) is 0.600. The normalized spacial score (nSPS) is 13.9. The molecule has 0 bridgehead atoms. The maximum Gasteiger partial charge on any atom is 0.124 e. The SMILES string of the molecule is Fc1ccc2c(c1)SNC=N2. The van der Waals surface area contributed by atoms with Crippen molar-refractivity contribution >= 4 is 24.0 Å². The molecule has 1 N–H and O–H groups in total. The minimum Gasteiger partial charge on any atom is -0.316 e. The lowest BCUT2D eigenvalue weighted by Gasteiger charge is -2.08. The molecular formula is C7H5FN2S. The van der Waals surface area contributed by atoms with Gasteiger partial charge in [-0.05, 0) is 30.1 Å². The van der Waals surface area contributed by atoms with Crippen LogP contribution in [-0.4, -0.2) is 6.34 Å². The van der Waals surface area contributed by atoms with E-state index in [0.29, 0.717) is 0 Å². The van der Waals surface area contributed by atoms with Crippen LogP contribution >= 0.6 is 11.9 Å². The van der Waals surface area contributed by atoms with Gasteiger partial charge in [0.05, 0.1) is 16.9 Å². The summed E-state index contributed by atoms with van der Waals surface area (Å²) in [5, 5.41) is 0. The standard InChI is InChI=1S/C7H5FN2S/c8-5-1-2-6-7(3-5)11-10-4-9-6/h1-4H,(H,9,10). The first-order valence-electron chi connectivity index (χ1n) is 3.11. The number of hydrogen-bond acceptors (Lipinski definition) is 3. The summed E-state index contributed by atoms with van der Waals surface area (Å²) in [6, 6.07) is 4.53. The summed E-state index contributed by atoms with van der Waals surface area (Å²) in [7, 11) is 0. The van der Waals surface area contributed by atoms with Crippen molar-refractivity contribution in [1.29, 1.82) is 0 Å². The topological polar surface area (TPSA) is 24.4 Å². The third-order valence-electron chi connectivity index (χ3n) is 1.35. The van der Waals surface area contributed by atoms with Gasteiger partial charge in [-0.15, -0.1) is 0 Å². The molecule has 0 aromatic heterocycles. The largest absolute Gasteiger partial charge is 0.316 e. The van der Waals surface area contributed by atoms with E-state index < -0.39 is 0 Å². The molecule has 0 radical (unpaired) electrons. The molecule has 0 atom stereocenters. The molecule has 0 amide bonds. The van der Waals surface area contributed by atoms with Gasteiger partial charge in [0, 0.05) is 0 Å². The van der Waals surface area contributed by atoms with Crippen LogP contribution in [0.3, 0.4) is 0 Å². The molecule has 0 aliphatic carbocycles. The van der Waals surface area contributed by atoms with Crippen molar-refractivity contribution in [3.63, 3.8) is 0 Å². The van der Waals surface area contributed by atoms with Gasteiger partial charge in [0.25, 0.3) is 0 Å². The Bertz CT molecular complexity index is 311. The van der Waals surface area contributed by atoms with Crippen molar-refractivity contribution in [3.05, 3.63) is 24.0 Å². The minimum absolute atomic E-state index is 0.227. The van der Waals surface area contributed by atoms with Crippen molar-refractivity contribution in [3.8, 4) is 0 Å². The second kappa shape index (κ2) is 2.54. The summed E-state index contributed by atoms with van der Waals surface area (Å²) in [6.07, 6.45) is 1.59. The first-order chi connectivity index (χ1) is 5.36. The van der Waals surface area contributed by atoms with E-state index in [4.69, 9.17) is 0 Å². The van der Waals surface area contributed by atoms with Crippen molar-refractivity contribution in [2.24, 2.45) is 4.99 Å². The minimum atomic E-state index is -0.227. The molecule has 0 spiro atoms. The van der Waals surface area contributed by atoms with Crippen LogP contribution in [0.2, 0.25) is 0 Å². The number of nitrogens with zero attached hydrogens (tertiary/aromatic N) is 1. The van der Waals surface area contributed by atoms with E-state index in [-0.39, 0.29) is 5.82 Å². The molecule has 2 nitrogen and oxygen atoms in total. The Kier molecular flexibility index (Phi) is 1.54. The van der Waals surface area contributed by atoms with Gasteiger partial charge in [-0.3, -0.25) is 0 Å². The molecule has 11 heavy (non-hydrogen) atoms. The van der Waals surface area contributed by atoms with Crippen LogP contribution in [0.4, 0.5) is 10.1 Å². The maximum atomic E-state index is 12.6. The lowest BCUT2D eigenvalue weighted by Crippen LogP contribution is -2.02. The van der Waals surface area contributed by atoms with E-state index in [1.165, 1.54) is 24.1 Å². The summed E-state index contributed by atoms with van der Waals surface area (Å²) in [5.41, 5.74) is 0.815. The Labute approximate surface area is 67.7 Å². The number of benzene rings is 1. The monoisotopic (exact) mass is 168 g/mol. The van der Waals surface area contributed by atoms with E-state index in [1.54, 1.807) is 12.4 Å². The van der Waals surface area contributed by atoms with Gasteiger partial charge in [-0.1, -0.05) is 0 Å². The van der Waals surface area contributed by atoms with Gasteiger partial charge in [0.2, 0.25) is 0 Å². The predicted octanol–water partition coefficient (Wildman–Crippen LogP) is 2.10. The number of fused-ring (bicyclic) bond motifs is 1. The third kappa shape index (κ3) is 1.21. The first-order valence-corrected chi connectivity index (χ1v) is 3.92. The van der Waals surface area contributed by atoms with Crippen LogP contribution in [0.15, 0.2) is 28.1 Å². The molecule has 4 heteroatoms. The van der Waals surface area contributed by atoms with Gasteiger partial charge in [-0.25, -0.2) is 9.38 Å². The number of nitrogens with one attached hydrogen (secondary N) is 1. The van der Waals surface area contributed by atoms with Crippen LogP contribution in [0.25, 0.3) is 0 Å². The summed E-state index contributed by atoms with van der Waals surface area (Å²) >= 11 is 1.36. The zero-order valence-electron chi connectivity index (χ0n) is 5.54. The molecule has 1 aliphatic rings. The van der Waals surface area contributed by atoms with Crippen LogP contribution in [0, 0.1) is 5.82 Å². The molecule has 0 saturated heterocycles. The van der Waals surface area contributed by atoms with Crippen LogP contribution in [-0.2, 0) is 0 Å². The lowest BCUT2D eigenvalue weighted by atomic mass is 10.3. The molecule has 0 unspecified atom stereocenters. The highest BCUT2D eigenvalue weighted by Crippen LogP contribution is 2.29. The van der Waals surface area contributed by atoms with Gasteiger partial charge < -0.3 is 4.72 Å². The fourth-order valence-electron chi connectivity index (χ4n) is 0.862. The summed E-state index contributed by atoms with van der Waals surface area (Å²) in [4.78, 5) is 4.84. The Balaban J connectivity index is 2.53. The van der Waals surface area contributed by atoms with E-state index >= 15 is 0 Å². The Morgan fingerprint density at radius 2 is 2.36 bits per heavy atom. The van der Waals surface area contributed by atoms with Crippen molar-refractivity contribution in [1.82, 2.24) is 4.72 Å². The van der Waals surface area contributed by atoms with Crippen molar-refractivity contribution in [2.45, 2.75) is 4.90 Å². The summed E-state index contributed by atoms with van der Waals surface area (Å²) in [6.45, 7) is 0. The Morgan fingerprint density at radius 1 is 1.45 bits per heavy atom. The van der Waals surface area contributed by atoms with Crippen molar-refractivity contribution in [2.75, 3.05) is 0 Å². The van der Waals surface area contributed by atoms with Gasteiger partial charge in [-0.2, -0.15) is 0 Å². The number of hydrogen-bond donors (Lipinski definition) is 1. The molecule has 56 valence electrons. The number of aliphatic imine (C=N–C) groups is 1. The predicted molar refractivity (Wildman–Crippen MR) is 43.5 cm³/mol. The highest BCUT2D eigenvalue weighted by Gasteiger charge is 2.05. The van der Waals surface area contributed by atoms with Crippen molar-refractivity contribution < 1.29 is 4.39 Å². The van der Waals surface area contributed by atoms with Crippen LogP contribution in [0.5, 0.6) is 0 Å². The fraction of sp³-hybridized carbons (Fsp3) is 0. The molecule has 2 rings (SSSR count). The van der Waals surface area contributed by atoms with E-state index in [1.807, 2.05) is 0 Å². The molecule has 1 aromatic rings. The zero-order chi connectivity index (χ0) is 7.68.